The first-order valence-corrected chi connectivity index (χ1v) is 7.93. The summed E-state index contributed by atoms with van der Waals surface area (Å²) >= 11 is 3.32. The summed E-state index contributed by atoms with van der Waals surface area (Å²) in [4.78, 5) is 12.2. The third-order valence-corrected chi connectivity index (χ3v) is 3.96. The van der Waals surface area contributed by atoms with Crippen LogP contribution in [-0.2, 0) is 4.79 Å². The fraction of sp³-hybridized carbons (Fsp3) is 0.235. The molecule has 0 aliphatic carbocycles. The number of rotatable bonds is 5. The first-order chi connectivity index (χ1) is 10.9. The smallest absolute Gasteiger partial charge is 0.241 e. The van der Waals surface area contributed by atoms with Crippen molar-refractivity contribution < 1.29 is 13.6 Å². The summed E-state index contributed by atoms with van der Waals surface area (Å²) in [5, 5.41) is 5.78. The predicted octanol–water partition coefficient (Wildman–Crippen LogP) is 4.41. The van der Waals surface area contributed by atoms with Gasteiger partial charge in [-0.25, -0.2) is 8.78 Å². The molecule has 2 atom stereocenters. The lowest BCUT2D eigenvalue weighted by molar-refractivity contribution is -0.117. The van der Waals surface area contributed by atoms with Crippen LogP contribution in [0.2, 0.25) is 0 Å². The van der Waals surface area contributed by atoms with Gasteiger partial charge in [0.15, 0.2) is 0 Å². The van der Waals surface area contributed by atoms with Gasteiger partial charge in [-0.3, -0.25) is 10.1 Å². The van der Waals surface area contributed by atoms with Gasteiger partial charge in [-0.1, -0.05) is 22.0 Å². The highest BCUT2D eigenvalue weighted by molar-refractivity contribution is 9.10. The molecule has 0 aliphatic heterocycles. The van der Waals surface area contributed by atoms with Gasteiger partial charge in [-0.15, -0.1) is 0 Å². The molecule has 3 nitrogen and oxygen atoms in total. The number of hydrogen-bond donors (Lipinski definition) is 2. The lowest BCUT2D eigenvalue weighted by Gasteiger charge is -2.20. The molecule has 0 saturated carbocycles. The van der Waals surface area contributed by atoms with Crippen LogP contribution >= 0.6 is 15.9 Å². The van der Waals surface area contributed by atoms with Gasteiger partial charge in [0.1, 0.15) is 11.6 Å². The molecule has 1 amide bonds. The number of carbonyl (C=O) groups excluding carboxylic acids is 1. The molecular weight excluding hydrogens is 366 g/mol. The zero-order chi connectivity index (χ0) is 17.0. The van der Waals surface area contributed by atoms with E-state index in [1.807, 2.05) is 12.1 Å². The van der Waals surface area contributed by atoms with Crippen molar-refractivity contribution in [1.29, 1.82) is 0 Å². The van der Waals surface area contributed by atoms with E-state index in [1.165, 1.54) is 12.1 Å². The van der Waals surface area contributed by atoms with Crippen LogP contribution in [0.5, 0.6) is 0 Å². The number of hydrogen-bond acceptors (Lipinski definition) is 2. The normalized spacial score (nSPS) is 13.4. The van der Waals surface area contributed by atoms with Gasteiger partial charge in [0, 0.05) is 27.8 Å². The Labute approximate surface area is 142 Å². The summed E-state index contributed by atoms with van der Waals surface area (Å²) in [6.45, 7) is 3.41. The molecule has 0 fully saturated rings. The monoisotopic (exact) mass is 382 g/mol. The first-order valence-electron chi connectivity index (χ1n) is 7.14. The van der Waals surface area contributed by atoms with E-state index in [0.717, 1.165) is 10.5 Å². The van der Waals surface area contributed by atoms with E-state index >= 15 is 0 Å². The molecule has 2 rings (SSSR count). The van der Waals surface area contributed by atoms with Crippen molar-refractivity contribution in [1.82, 2.24) is 5.32 Å². The molecule has 0 spiro atoms. The second-order valence-electron chi connectivity index (χ2n) is 5.27. The van der Waals surface area contributed by atoms with E-state index in [2.05, 4.69) is 26.6 Å². The highest BCUT2D eigenvalue weighted by Gasteiger charge is 2.18. The number of halogens is 3. The average Bonchev–Trinajstić information content (AvgIpc) is 2.49. The van der Waals surface area contributed by atoms with Crippen LogP contribution in [0, 0.1) is 11.6 Å². The summed E-state index contributed by atoms with van der Waals surface area (Å²) in [6.07, 6.45) is 0. The minimum Gasteiger partial charge on any atom is -0.325 e. The van der Waals surface area contributed by atoms with Crippen molar-refractivity contribution in [2.24, 2.45) is 0 Å². The number of amides is 1. The van der Waals surface area contributed by atoms with E-state index in [4.69, 9.17) is 0 Å². The Morgan fingerprint density at radius 1 is 1.09 bits per heavy atom. The van der Waals surface area contributed by atoms with Crippen LogP contribution < -0.4 is 10.6 Å². The van der Waals surface area contributed by atoms with E-state index in [9.17, 15) is 13.6 Å². The Balaban J connectivity index is 1.98. The molecule has 122 valence electrons. The van der Waals surface area contributed by atoms with Crippen molar-refractivity contribution in [2.75, 3.05) is 5.32 Å². The van der Waals surface area contributed by atoms with Crippen LogP contribution in [0.15, 0.2) is 46.9 Å². The minimum absolute atomic E-state index is 0.235. The van der Waals surface area contributed by atoms with E-state index < -0.39 is 23.7 Å². The lowest BCUT2D eigenvalue weighted by atomic mass is 10.1. The van der Waals surface area contributed by atoms with Crippen molar-refractivity contribution in [3.8, 4) is 0 Å². The Morgan fingerprint density at radius 3 is 2.35 bits per heavy atom. The average molecular weight is 383 g/mol. The quantitative estimate of drug-likeness (QED) is 0.804. The standard InChI is InChI=1S/C17H17BrF2N2O/c1-10(15-8-5-13(19)9-16(15)20)21-11(2)17(23)22-14-6-3-12(18)4-7-14/h3-11,21H,1-2H3,(H,22,23)/t10-,11+/m0/s1. The molecule has 0 bridgehead atoms. The van der Waals surface area contributed by atoms with Gasteiger partial charge in [0.25, 0.3) is 0 Å². The largest absolute Gasteiger partial charge is 0.325 e. The number of benzene rings is 2. The van der Waals surface area contributed by atoms with Crippen LogP contribution in [0.25, 0.3) is 0 Å². The molecule has 6 heteroatoms. The van der Waals surface area contributed by atoms with E-state index in [1.54, 1.807) is 26.0 Å². The fourth-order valence-corrected chi connectivity index (χ4v) is 2.44. The highest BCUT2D eigenvalue weighted by atomic mass is 79.9. The first kappa shape index (κ1) is 17.6. The maximum atomic E-state index is 13.8. The summed E-state index contributed by atoms with van der Waals surface area (Å²) in [5.74, 6) is -1.49. The zero-order valence-electron chi connectivity index (χ0n) is 12.7. The number of carbonyl (C=O) groups is 1. The van der Waals surface area contributed by atoms with Gasteiger partial charge in [-0.2, -0.15) is 0 Å². The predicted molar refractivity (Wildman–Crippen MR) is 90.1 cm³/mol. The maximum absolute atomic E-state index is 13.8. The minimum atomic E-state index is -0.634. The molecule has 2 aromatic carbocycles. The molecule has 23 heavy (non-hydrogen) atoms. The third kappa shape index (κ3) is 4.84. The van der Waals surface area contributed by atoms with Crippen molar-refractivity contribution in [2.45, 2.75) is 25.9 Å². The Morgan fingerprint density at radius 2 is 1.74 bits per heavy atom. The SMILES string of the molecule is C[C@H](N[C@H](C)C(=O)Nc1ccc(Br)cc1)c1ccc(F)cc1F. The van der Waals surface area contributed by atoms with Gasteiger partial charge < -0.3 is 5.32 Å². The highest BCUT2D eigenvalue weighted by Crippen LogP contribution is 2.19. The summed E-state index contributed by atoms with van der Waals surface area (Å²) < 4.78 is 27.6. The molecule has 0 aromatic heterocycles. The second-order valence-corrected chi connectivity index (χ2v) is 6.19. The number of anilines is 1. The summed E-state index contributed by atoms with van der Waals surface area (Å²) in [6, 6.07) is 9.63. The summed E-state index contributed by atoms with van der Waals surface area (Å²) in [7, 11) is 0. The van der Waals surface area contributed by atoms with Crippen LogP contribution in [0.4, 0.5) is 14.5 Å². The van der Waals surface area contributed by atoms with Crippen molar-refractivity contribution in [3.05, 3.63) is 64.1 Å². The van der Waals surface area contributed by atoms with Gasteiger partial charge >= 0.3 is 0 Å². The topological polar surface area (TPSA) is 41.1 Å². The molecule has 2 N–H and O–H groups in total. The molecule has 0 aliphatic rings. The lowest BCUT2D eigenvalue weighted by Crippen LogP contribution is -2.39. The van der Waals surface area contributed by atoms with Crippen molar-refractivity contribution in [3.63, 3.8) is 0 Å². The molecule has 0 radical (unpaired) electrons. The Bertz CT molecular complexity index is 691. The second kappa shape index (κ2) is 7.66. The van der Waals surface area contributed by atoms with Gasteiger partial charge in [0.05, 0.1) is 6.04 Å². The Hall–Kier alpha value is -1.79. The van der Waals surface area contributed by atoms with Crippen molar-refractivity contribution >= 4 is 27.5 Å². The van der Waals surface area contributed by atoms with E-state index in [-0.39, 0.29) is 5.91 Å². The molecule has 0 unspecified atom stereocenters. The zero-order valence-corrected chi connectivity index (χ0v) is 14.3. The molecule has 0 heterocycles. The molecule has 2 aromatic rings. The fourth-order valence-electron chi connectivity index (χ4n) is 2.18. The molecular formula is C17H17BrF2N2O. The van der Waals surface area contributed by atoms with Crippen LogP contribution in [0.1, 0.15) is 25.5 Å². The maximum Gasteiger partial charge on any atom is 0.241 e. The van der Waals surface area contributed by atoms with Crippen LogP contribution in [0.3, 0.4) is 0 Å². The van der Waals surface area contributed by atoms with Gasteiger partial charge in [-0.05, 0) is 44.2 Å². The molecule has 0 saturated heterocycles. The summed E-state index contributed by atoms with van der Waals surface area (Å²) in [5.41, 5.74) is 0.988. The Kier molecular flexibility index (Phi) is 5.85. The number of nitrogens with one attached hydrogen (secondary N) is 2. The van der Waals surface area contributed by atoms with Crippen LogP contribution in [-0.4, -0.2) is 11.9 Å². The van der Waals surface area contributed by atoms with E-state index in [0.29, 0.717) is 11.3 Å². The third-order valence-electron chi connectivity index (χ3n) is 3.43. The van der Waals surface area contributed by atoms with Gasteiger partial charge in [0.2, 0.25) is 5.91 Å².